The van der Waals surface area contributed by atoms with Crippen molar-refractivity contribution in [2.45, 2.75) is 155 Å². The summed E-state index contributed by atoms with van der Waals surface area (Å²) in [5.74, 6) is 3.24. The number of nitrogens with zero attached hydrogens (tertiary/aromatic N) is 5. The van der Waals surface area contributed by atoms with Crippen molar-refractivity contribution in [3.05, 3.63) is 62.5 Å². The lowest BCUT2D eigenvalue weighted by Crippen LogP contribution is -2.45. The summed E-state index contributed by atoms with van der Waals surface area (Å²) in [7, 11) is 4.82. The van der Waals surface area contributed by atoms with Gasteiger partial charge >= 0.3 is 0 Å². The van der Waals surface area contributed by atoms with Crippen LogP contribution in [-0.4, -0.2) is 42.6 Å². The van der Waals surface area contributed by atoms with Crippen molar-refractivity contribution in [3.63, 3.8) is 0 Å². The van der Waals surface area contributed by atoms with Crippen LogP contribution in [0.1, 0.15) is 154 Å². The van der Waals surface area contributed by atoms with Crippen LogP contribution in [0.5, 0.6) is 23.0 Å². The van der Waals surface area contributed by atoms with Crippen LogP contribution in [0.4, 0.5) is 25.5 Å². The molecule has 0 bridgehead atoms. The van der Waals surface area contributed by atoms with Gasteiger partial charge < -0.3 is 19.7 Å². The number of unbranched alkanes of at least 4 members (excludes halogenated alkanes) is 4. The Hall–Kier alpha value is -4.40. The molecule has 2 aliphatic carbocycles. The van der Waals surface area contributed by atoms with Gasteiger partial charge in [-0.3, -0.25) is 14.1 Å². The molecule has 4 atom stereocenters. The van der Waals surface area contributed by atoms with Crippen LogP contribution in [0.15, 0.2) is 55.9 Å². The number of fused-ring (bicyclic) bond motifs is 6. The molecule has 58 heavy (non-hydrogen) atoms. The molecule has 0 unspecified atom stereocenters. The molecule has 4 aliphatic rings. The number of azo groups is 2. The van der Waals surface area contributed by atoms with Crippen LogP contribution in [0, 0.1) is 18.4 Å². The Bertz CT molecular complexity index is 1830. The maximum absolute atomic E-state index is 11.4. The molecule has 2 aromatic carbocycles. The van der Waals surface area contributed by atoms with Gasteiger partial charge in [-0.25, -0.2) is 0 Å². The van der Waals surface area contributed by atoms with Gasteiger partial charge in [-0.1, -0.05) is 67.7 Å². The van der Waals surface area contributed by atoms with Crippen LogP contribution in [0.2, 0.25) is 0 Å². The highest BCUT2D eigenvalue weighted by atomic mass is 19.0. The number of phenols is 2. The monoisotopic (exact) mass is 815 g/mol. The van der Waals surface area contributed by atoms with Gasteiger partial charge in [0.2, 0.25) is 0 Å². The summed E-state index contributed by atoms with van der Waals surface area (Å²) in [4.78, 5) is 3.00. The lowest BCUT2D eigenvalue weighted by Gasteiger charge is -2.47. The van der Waals surface area contributed by atoms with E-state index in [-0.39, 0.29) is 48.8 Å². The molecule has 2 N–H and O–H groups in total. The normalized spacial score (nSPS) is 21.6. The van der Waals surface area contributed by atoms with Gasteiger partial charge in [-0.15, -0.1) is 0 Å². The van der Waals surface area contributed by atoms with Gasteiger partial charge in [0.25, 0.3) is 13.6 Å². The van der Waals surface area contributed by atoms with E-state index in [9.17, 15) is 10.2 Å². The second kappa shape index (κ2) is 22.7. The van der Waals surface area contributed by atoms with Gasteiger partial charge in [0.05, 0.1) is 0 Å². The summed E-state index contributed by atoms with van der Waals surface area (Å²) in [6.45, 7) is 21.9. The van der Waals surface area contributed by atoms with Crippen molar-refractivity contribution in [1.29, 1.82) is 0 Å². The fraction of sp³-hybridized carbons (Fsp3) is 0.630. The Kier molecular flexibility index (Phi) is 20.2. The van der Waals surface area contributed by atoms with E-state index in [0.717, 1.165) is 80.2 Å². The molecule has 2 heterocycles. The first-order valence-corrected chi connectivity index (χ1v) is 20.6. The Morgan fingerprint density at radius 1 is 0.741 bits per heavy atom. The molecule has 0 fully saturated rings. The van der Waals surface area contributed by atoms with E-state index in [1.165, 1.54) is 43.0 Å². The highest BCUT2D eigenvalue weighted by molar-refractivity contribution is 5.78. The zero-order valence-corrected chi connectivity index (χ0v) is 36.9. The van der Waals surface area contributed by atoms with E-state index in [4.69, 9.17) is 9.47 Å². The third-order valence-corrected chi connectivity index (χ3v) is 11.9. The molecule has 0 aromatic heterocycles. The van der Waals surface area contributed by atoms with Crippen LogP contribution in [0.25, 0.3) is 4.85 Å². The fourth-order valence-corrected chi connectivity index (χ4v) is 9.14. The number of hydrogen-bond donors (Lipinski definition) is 2. The zero-order chi connectivity index (χ0) is 40.5. The topological polar surface area (TPSA) is 113 Å². The quantitative estimate of drug-likeness (QED) is 0.141. The third-order valence-electron chi connectivity index (χ3n) is 11.9. The predicted molar refractivity (Wildman–Crippen MR) is 233 cm³/mol. The number of benzene rings is 2. The molecule has 9 nitrogen and oxygen atoms in total. The Balaban J connectivity index is 0.000000528. The van der Waals surface area contributed by atoms with Crippen molar-refractivity contribution in [2.24, 2.45) is 32.3 Å². The van der Waals surface area contributed by atoms with Crippen molar-refractivity contribution < 1.29 is 33.8 Å². The first-order chi connectivity index (χ1) is 26.2. The SMILES string of the molecule is C#[N+]C.CCCCCc1c(N=NC)c(O)c2c(c1N=NC)OC(C)(C)[C@@H]1CCC(C)=C[C@@H]21.CCCCCc1cc(O)c2c(c1)OC(C)(C)[C@@H]1CCC(C)=C[C@@H]21.F.F.F. The molecule has 0 amide bonds. The average molecular weight is 815 g/mol. The number of hydrogen-bond acceptors (Lipinski definition) is 8. The molecule has 2 aromatic rings. The summed E-state index contributed by atoms with van der Waals surface area (Å²) >= 11 is 0. The summed E-state index contributed by atoms with van der Waals surface area (Å²) in [5.41, 5.74) is 7.32. The minimum Gasteiger partial charge on any atom is -0.507 e. The highest BCUT2D eigenvalue weighted by Crippen LogP contribution is 2.60. The van der Waals surface area contributed by atoms with Crippen LogP contribution >= 0.6 is 0 Å². The lowest BCUT2D eigenvalue weighted by molar-refractivity contribution is 0.0106. The number of halogens is 3. The summed E-state index contributed by atoms with van der Waals surface area (Å²) in [5, 5.41) is 38.9. The van der Waals surface area contributed by atoms with Crippen molar-refractivity contribution in [1.82, 2.24) is 0 Å². The van der Waals surface area contributed by atoms with Crippen LogP contribution < -0.4 is 9.47 Å². The second-order valence-electron chi connectivity index (χ2n) is 16.8. The lowest BCUT2D eigenvalue weighted by atomic mass is 9.67. The maximum atomic E-state index is 11.4. The summed E-state index contributed by atoms with van der Waals surface area (Å²) in [6.07, 6.45) is 17.6. The smallest absolute Gasteiger partial charge is 0.257 e. The third kappa shape index (κ3) is 11.4. The van der Waals surface area contributed by atoms with Gasteiger partial charge in [0.15, 0.2) is 11.5 Å². The Labute approximate surface area is 345 Å². The number of allylic oxidation sites excluding steroid dienone is 4. The van der Waals surface area contributed by atoms with Crippen LogP contribution in [0.3, 0.4) is 0 Å². The van der Waals surface area contributed by atoms with E-state index in [1.807, 2.05) is 6.07 Å². The maximum Gasteiger partial charge on any atom is 0.257 e. The molecule has 0 saturated carbocycles. The molecule has 12 heteroatoms. The Morgan fingerprint density at radius 3 is 1.74 bits per heavy atom. The zero-order valence-electron chi connectivity index (χ0n) is 36.9. The molecule has 0 radical (unpaired) electrons. The number of ether oxygens (including phenoxy) is 2. The van der Waals surface area contributed by atoms with Crippen molar-refractivity contribution >= 4 is 11.4 Å². The standard InChI is InChI=1S/C23H34N4O2.C21H30O2.C2H4N.3FH/c1-7-8-9-10-15-19(26-24-5)21(28)18-16-13-14(2)11-12-17(16)23(3,4)29-22(18)20(15)27-25-6;1-5-6-7-8-15-12-18(22)20-16-11-14(2)9-10-17(16)21(3,4)23-19(20)13-15;1-3-2;;;/h13,16-17,28H,7-12H2,1-6H3;11-13,16-17,22H,5-10H2,1-4H3;1H,2H3;3*1H/q;;+1;;;/t2*16-,17-;;;;/m11..../s1. The molecule has 0 saturated heterocycles. The van der Waals surface area contributed by atoms with Gasteiger partial charge in [0, 0.05) is 54.5 Å². The van der Waals surface area contributed by atoms with E-state index < -0.39 is 0 Å². The van der Waals surface area contributed by atoms with Gasteiger partial charge in [-0.05, 0) is 111 Å². The first kappa shape index (κ1) is 51.6. The van der Waals surface area contributed by atoms with Crippen LogP contribution in [-0.2, 0) is 12.8 Å². The van der Waals surface area contributed by atoms with Crippen molar-refractivity contribution in [3.8, 4) is 29.6 Å². The number of rotatable bonds is 10. The van der Waals surface area contributed by atoms with Gasteiger partial charge in [0.1, 0.15) is 34.1 Å². The van der Waals surface area contributed by atoms with Crippen molar-refractivity contribution in [2.75, 3.05) is 21.1 Å². The average Bonchev–Trinajstić information content (AvgIpc) is 3.11. The van der Waals surface area contributed by atoms with Gasteiger partial charge in [-0.2, -0.15) is 20.5 Å². The minimum absolute atomic E-state index is 0. The molecular weight excluding hydrogens is 744 g/mol. The summed E-state index contributed by atoms with van der Waals surface area (Å²) in [6, 6.07) is 4.13. The predicted octanol–water partition coefficient (Wildman–Crippen LogP) is 13.9. The van der Waals surface area contributed by atoms with E-state index in [0.29, 0.717) is 28.8 Å². The second-order valence-corrected chi connectivity index (χ2v) is 16.8. The molecule has 0 spiro atoms. The Morgan fingerprint density at radius 2 is 1.22 bits per heavy atom. The van der Waals surface area contributed by atoms with E-state index in [1.54, 1.807) is 14.1 Å². The molecule has 324 valence electrons. The molecule has 2 aliphatic heterocycles. The summed E-state index contributed by atoms with van der Waals surface area (Å²) < 4.78 is 12.9. The molecular formula is C46H71F3N5O4+. The van der Waals surface area contributed by atoms with E-state index >= 15 is 0 Å². The van der Waals surface area contributed by atoms with E-state index in [2.05, 4.69) is 105 Å². The minimum atomic E-state index is -0.353. The number of aromatic hydroxyl groups is 2. The number of aryl methyl sites for hydroxylation is 1. The highest BCUT2D eigenvalue weighted by Gasteiger charge is 2.48. The number of phenolic OH excluding ortho intramolecular Hbond substituents is 2. The largest absolute Gasteiger partial charge is 0.507 e. The molecule has 6 rings (SSSR count). The first-order valence-electron chi connectivity index (χ1n) is 20.6. The fourth-order valence-electron chi connectivity index (χ4n) is 9.14.